The molecular weight excluding hydrogens is 410 g/mol. The summed E-state index contributed by atoms with van der Waals surface area (Å²) < 4.78 is 5.46. The molecule has 3 aliphatic carbocycles. The number of allylic oxidation sites excluding steroid dienone is 2. The van der Waals surface area contributed by atoms with Crippen LogP contribution in [-0.4, -0.2) is 24.3 Å². The molecule has 0 aromatic carbocycles. The van der Waals surface area contributed by atoms with E-state index in [1.165, 1.54) is 11.1 Å². The molecule has 0 amide bonds. The van der Waals surface area contributed by atoms with Crippen molar-refractivity contribution in [3.8, 4) is 0 Å². The minimum absolute atomic E-state index is 0.0329. The van der Waals surface area contributed by atoms with Crippen LogP contribution in [-0.2, 0) is 9.59 Å². The highest BCUT2D eigenvalue weighted by molar-refractivity contribution is 5.89. The average molecular weight is 452 g/mol. The van der Waals surface area contributed by atoms with E-state index in [1.54, 1.807) is 6.26 Å². The van der Waals surface area contributed by atoms with Gasteiger partial charge in [-0.05, 0) is 73.8 Å². The smallest absolute Gasteiger partial charge is 0.139 e. The number of ketones is 1. The van der Waals surface area contributed by atoms with Crippen molar-refractivity contribution in [2.75, 3.05) is 0 Å². The molecule has 33 heavy (non-hydrogen) atoms. The van der Waals surface area contributed by atoms with Gasteiger partial charge in [0.05, 0.1) is 12.5 Å². The SMILES string of the molecule is CC(C)N=CC1(C)C2=CC[C@@H](c3ccoc3)[C@]2(C)CCC1[C@@]1(C)CCC(=O)C(C)(C)[C@H]1C=O. The second kappa shape index (κ2) is 8.06. The van der Waals surface area contributed by atoms with Crippen LogP contribution >= 0.6 is 0 Å². The molecular formula is C29H41NO3. The zero-order chi connectivity index (χ0) is 24.2. The Morgan fingerprint density at radius 1 is 1.15 bits per heavy atom. The molecule has 0 spiro atoms. The predicted octanol–water partition coefficient (Wildman–Crippen LogP) is 6.81. The van der Waals surface area contributed by atoms with Gasteiger partial charge in [-0.1, -0.05) is 46.3 Å². The number of hydrogen-bond donors (Lipinski definition) is 0. The number of carbonyl (C=O) groups is 2. The number of furan rings is 1. The van der Waals surface area contributed by atoms with E-state index >= 15 is 0 Å². The largest absolute Gasteiger partial charge is 0.472 e. The maximum atomic E-state index is 12.8. The van der Waals surface area contributed by atoms with E-state index < -0.39 is 5.41 Å². The highest BCUT2D eigenvalue weighted by Gasteiger charge is 2.63. The van der Waals surface area contributed by atoms with Crippen LogP contribution in [0.5, 0.6) is 0 Å². The van der Waals surface area contributed by atoms with Crippen molar-refractivity contribution in [2.45, 2.75) is 92.5 Å². The average Bonchev–Trinajstić information content (AvgIpc) is 3.38. The number of fused-ring (bicyclic) bond motifs is 1. The van der Waals surface area contributed by atoms with E-state index in [2.05, 4.69) is 53.0 Å². The Kier molecular flexibility index (Phi) is 5.90. The van der Waals surface area contributed by atoms with Crippen molar-refractivity contribution in [3.63, 3.8) is 0 Å². The Morgan fingerprint density at radius 2 is 1.88 bits per heavy atom. The third-order valence-corrected chi connectivity index (χ3v) is 9.81. The topological polar surface area (TPSA) is 59.6 Å². The van der Waals surface area contributed by atoms with Crippen LogP contribution in [0, 0.1) is 33.5 Å². The predicted molar refractivity (Wildman–Crippen MR) is 132 cm³/mol. The fourth-order valence-corrected chi connectivity index (χ4v) is 8.02. The van der Waals surface area contributed by atoms with Gasteiger partial charge in [0.1, 0.15) is 12.1 Å². The van der Waals surface area contributed by atoms with Crippen molar-refractivity contribution in [2.24, 2.45) is 38.5 Å². The molecule has 1 heterocycles. The lowest BCUT2D eigenvalue weighted by Gasteiger charge is -2.60. The first kappa shape index (κ1) is 24.2. The van der Waals surface area contributed by atoms with Crippen LogP contribution in [0.4, 0.5) is 0 Å². The van der Waals surface area contributed by atoms with Gasteiger partial charge in [0.15, 0.2) is 0 Å². The third kappa shape index (κ3) is 3.51. The molecule has 0 N–H and O–H groups in total. The standard InChI is InChI=1S/C29H41NO3/c1-19(2)30-18-29(7)22-9-8-21(20-12-15-33-17-20)27(22,5)13-10-23(29)28(6)14-11-25(32)26(3,4)24(28)16-31/h9,12,15-19,21,23-24H,8,10-11,13-14H2,1-7H3/t21-,23?,24+,27-,28+,29?/m0/s1. The van der Waals surface area contributed by atoms with Crippen molar-refractivity contribution < 1.29 is 14.0 Å². The van der Waals surface area contributed by atoms with Gasteiger partial charge in [-0.3, -0.25) is 9.79 Å². The summed E-state index contributed by atoms with van der Waals surface area (Å²) in [5.74, 6) is 0.574. The van der Waals surface area contributed by atoms with Crippen LogP contribution in [0.15, 0.2) is 39.7 Å². The summed E-state index contributed by atoms with van der Waals surface area (Å²) >= 11 is 0. The monoisotopic (exact) mass is 451 g/mol. The van der Waals surface area contributed by atoms with E-state index in [4.69, 9.17) is 9.41 Å². The molecule has 0 aliphatic heterocycles. The molecule has 0 bridgehead atoms. The molecule has 180 valence electrons. The molecule has 3 aliphatic rings. The van der Waals surface area contributed by atoms with Gasteiger partial charge in [0.2, 0.25) is 0 Å². The van der Waals surface area contributed by atoms with Gasteiger partial charge in [0, 0.05) is 35.4 Å². The fourth-order valence-electron chi connectivity index (χ4n) is 8.02. The summed E-state index contributed by atoms with van der Waals surface area (Å²) in [5, 5.41) is 0. The van der Waals surface area contributed by atoms with Gasteiger partial charge in [-0.25, -0.2) is 0 Å². The molecule has 6 atom stereocenters. The van der Waals surface area contributed by atoms with Crippen LogP contribution < -0.4 is 0 Å². The summed E-state index contributed by atoms with van der Waals surface area (Å²) in [4.78, 5) is 30.3. The first-order chi connectivity index (χ1) is 15.4. The Labute approximate surface area is 199 Å². The summed E-state index contributed by atoms with van der Waals surface area (Å²) in [6.07, 6.45) is 13.8. The summed E-state index contributed by atoms with van der Waals surface area (Å²) in [6.45, 7) is 15.2. The molecule has 4 nitrogen and oxygen atoms in total. The maximum Gasteiger partial charge on any atom is 0.139 e. The van der Waals surface area contributed by atoms with Crippen LogP contribution in [0.3, 0.4) is 0 Å². The Balaban J connectivity index is 1.82. The molecule has 1 aromatic rings. The zero-order valence-corrected chi connectivity index (χ0v) is 21.5. The molecule has 4 rings (SSSR count). The number of carbonyl (C=O) groups excluding carboxylic acids is 2. The Morgan fingerprint density at radius 3 is 2.48 bits per heavy atom. The summed E-state index contributed by atoms with van der Waals surface area (Å²) in [7, 11) is 0. The van der Waals surface area contributed by atoms with E-state index in [9.17, 15) is 9.59 Å². The van der Waals surface area contributed by atoms with E-state index in [1.807, 2.05) is 20.1 Å². The minimum Gasteiger partial charge on any atom is -0.472 e. The number of aliphatic imine (C=N–C) groups is 1. The first-order valence-corrected chi connectivity index (χ1v) is 12.7. The van der Waals surface area contributed by atoms with E-state index in [-0.39, 0.29) is 39.9 Å². The van der Waals surface area contributed by atoms with Crippen molar-refractivity contribution in [1.82, 2.24) is 0 Å². The van der Waals surface area contributed by atoms with Crippen molar-refractivity contribution >= 4 is 18.3 Å². The summed E-state index contributed by atoms with van der Waals surface area (Å²) in [5.41, 5.74) is 1.61. The minimum atomic E-state index is -0.630. The molecule has 2 unspecified atom stereocenters. The number of hydrogen-bond acceptors (Lipinski definition) is 4. The van der Waals surface area contributed by atoms with Gasteiger partial charge in [0.25, 0.3) is 0 Å². The molecule has 4 heteroatoms. The lowest BCUT2D eigenvalue weighted by Crippen LogP contribution is -2.57. The molecule has 0 saturated heterocycles. The van der Waals surface area contributed by atoms with Crippen LogP contribution in [0.2, 0.25) is 0 Å². The van der Waals surface area contributed by atoms with E-state index in [0.29, 0.717) is 12.3 Å². The zero-order valence-electron chi connectivity index (χ0n) is 21.5. The first-order valence-electron chi connectivity index (χ1n) is 12.7. The van der Waals surface area contributed by atoms with Crippen molar-refractivity contribution in [3.05, 3.63) is 35.8 Å². The Hall–Kier alpha value is -1.97. The van der Waals surface area contributed by atoms with Crippen molar-refractivity contribution in [1.29, 1.82) is 0 Å². The number of rotatable bonds is 5. The molecule has 2 fully saturated rings. The van der Waals surface area contributed by atoms with Gasteiger partial charge >= 0.3 is 0 Å². The third-order valence-electron chi connectivity index (χ3n) is 9.81. The van der Waals surface area contributed by atoms with Gasteiger partial charge in [-0.2, -0.15) is 0 Å². The highest BCUT2D eigenvalue weighted by atomic mass is 16.3. The van der Waals surface area contributed by atoms with Gasteiger partial charge in [-0.15, -0.1) is 0 Å². The fraction of sp³-hybridized carbons (Fsp3) is 0.690. The molecule has 1 aromatic heterocycles. The van der Waals surface area contributed by atoms with Crippen LogP contribution in [0.1, 0.15) is 92.1 Å². The normalized spacial score (nSPS) is 40.8. The number of nitrogens with zero attached hydrogens (tertiary/aromatic N) is 1. The second-order valence-corrected chi connectivity index (χ2v) is 12.4. The molecule has 2 saturated carbocycles. The van der Waals surface area contributed by atoms with Crippen LogP contribution in [0.25, 0.3) is 0 Å². The lowest BCUT2D eigenvalue weighted by atomic mass is 9.43. The van der Waals surface area contributed by atoms with Gasteiger partial charge < -0.3 is 9.21 Å². The Bertz CT molecular complexity index is 971. The molecule has 0 radical (unpaired) electrons. The van der Waals surface area contributed by atoms with E-state index in [0.717, 1.165) is 32.0 Å². The lowest BCUT2D eigenvalue weighted by molar-refractivity contribution is -0.152. The second-order valence-electron chi connectivity index (χ2n) is 12.4. The quantitative estimate of drug-likeness (QED) is 0.281. The highest BCUT2D eigenvalue weighted by Crippen LogP contribution is 2.68. The number of aldehydes is 1. The summed E-state index contributed by atoms with van der Waals surface area (Å²) in [6, 6.07) is 2.32. The number of Topliss-reactive ketones (excluding diaryl/α,β-unsaturated/α-hetero) is 1. The maximum absolute atomic E-state index is 12.8.